The summed E-state index contributed by atoms with van der Waals surface area (Å²) in [5.74, 6) is 0.0829. The molecule has 98 valence electrons. The molecule has 1 aromatic rings. The molecule has 0 saturated carbocycles. The van der Waals surface area contributed by atoms with Crippen LogP contribution >= 0.6 is 12.2 Å². The highest BCUT2D eigenvalue weighted by Crippen LogP contribution is 2.13. The average Bonchev–Trinajstić information content (AvgIpc) is 2.29. The second kappa shape index (κ2) is 6.25. The number of hydrogen-bond acceptors (Lipinski definition) is 5. The third-order valence-corrected chi connectivity index (χ3v) is 2.62. The largest absolute Gasteiger partial charge is 0.393 e. The van der Waals surface area contributed by atoms with Gasteiger partial charge in [0, 0.05) is 19.0 Å². The minimum Gasteiger partial charge on any atom is -0.393 e. The van der Waals surface area contributed by atoms with Gasteiger partial charge in [-0.25, -0.2) is 0 Å². The SMILES string of the molecule is CC(C)N(CCC(N)=S)c1ccc(C(N)=O)nn1. The van der Waals surface area contributed by atoms with E-state index in [0.717, 1.165) is 0 Å². The van der Waals surface area contributed by atoms with Gasteiger partial charge >= 0.3 is 0 Å². The van der Waals surface area contributed by atoms with E-state index < -0.39 is 5.91 Å². The number of amides is 1. The summed E-state index contributed by atoms with van der Waals surface area (Å²) in [6.07, 6.45) is 0.604. The van der Waals surface area contributed by atoms with Crippen LogP contribution in [0.25, 0.3) is 0 Å². The molecule has 0 aliphatic carbocycles. The topological polar surface area (TPSA) is 98.1 Å². The molecular formula is C11H17N5OS. The van der Waals surface area contributed by atoms with Crippen molar-refractivity contribution >= 4 is 28.9 Å². The van der Waals surface area contributed by atoms with Gasteiger partial charge in [0.15, 0.2) is 11.5 Å². The summed E-state index contributed by atoms with van der Waals surface area (Å²) in [5.41, 5.74) is 10.7. The van der Waals surface area contributed by atoms with E-state index in [1.165, 1.54) is 0 Å². The lowest BCUT2D eigenvalue weighted by molar-refractivity contribution is 0.0994. The standard InChI is InChI=1S/C11H17N5OS/c1-7(2)16(6-5-9(12)18)10-4-3-8(11(13)17)14-15-10/h3-4,7H,5-6H2,1-2H3,(H2,12,18)(H2,13,17). The zero-order valence-electron chi connectivity index (χ0n) is 10.5. The minimum absolute atomic E-state index is 0.150. The van der Waals surface area contributed by atoms with Gasteiger partial charge < -0.3 is 16.4 Å². The van der Waals surface area contributed by atoms with E-state index in [4.69, 9.17) is 23.7 Å². The number of rotatable bonds is 6. The first-order chi connectivity index (χ1) is 8.41. The van der Waals surface area contributed by atoms with E-state index in [1.54, 1.807) is 12.1 Å². The third-order valence-electron chi connectivity index (χ3n) is 2.42. The Hall–Kier alpha value is -1.76. The Morgan fingerprint density at radius 1 is 1.39 bits per heavy atom. The molecule has 7 heteroatoms. The van der Waals surface area contributed by atoms with Gasteiger partial charge in [-0.1, -0.05) is 12.2 Å². The number of aromatic nitrogens is 2. The fourth-order valence-corrected chi connectivity index (χ4v) is 1.57. The van der Waals surface area contributed by atoms with E-state index in [9.17, 15) is 4.79 Å². The zero-order valence-corrected chi connectivity index (χ0v) is 11.3. The molecule has 0 aliphatic heterocycles. The maximum absolute atomic E-state index is 10.9. The molecule has 0 aromatic carbocycles. The van der Waals surface area contributed by atoms with Crippen molar-refractivity contribution in [3.05, 3.63) is 17.8 Å². The molecule has 4 N–H and O–H groups in total. The molecule has 6 nitrogen and oxygen atoms in total. The summed E-state index contributed by atoms with van der Waals surface area (Å²) in [6.45, 7) is 4.73. The number of carbonyl (C=O) groups excluding carboxylic acids is 1. The number of thiocarbonyl (C=S) groups is 1. The van der Waals surface area contributed by atoms with E-state index in [0.29, 0.717) is 23.8 Å². The smallest absolute Gasteiger partial charge is 0.269 e. The molecule has 0 radical (unpaired) electrons. The summed E-state index contributed by atoms with van der Waals surface area (Å²) in [7, 11) is 0. The highest BCUT2D eigenvalue weighted by Gasteiger charge is 2.13. The van der Waals surface area contributed by atoms with Crippen molar-refractivity contribution in [2.75, 3.05) is 11.4 Å². The fourth-order valence-electron chi connectivity index (χ4n) is 1.48. The van der Waals surface area contributed by atoms with Crippen molar-refractivity contribution in [1.29, 1.82) is 0 Å². The van der Waals surface area contributed by atoms with Crippen LogP contribution in [0.5, 0.6) is 0 Å². The highest BCUT2D eigenvalue weighted by molar-refractivity contribution is 7.80. The van der Waals surface area contributed by atoms with E-state index in [2.05, 4.69) is 10.2 Å². The predicted octanol–water partition coefficient (Wildman–Crippen LogP) is 0.467. The number of nitrogens with two attached hydrogens (primary N) is 2. The second-order valence-electron chi connectivity index (χ2n) is 4.14. The molecule has 0 fully saturated rings. The number of hydrogen-bond donors (Lipinski definition) is 2. The van der Waals surface area contributed by atoms with Crippen molar-refractivity contribution in [3.63, 3.8) is 0 Å². The molecule has 0 unspecified atom stereocenters. The Labute approximate surface area is 111 Å². The summed E-state index contributed by atoms with van der Waals surface area (Å²) in [6, 6.07) is 3.50. The molecule has 1 rings (SSSR count). The zero-order chi connectivity index (χ0) is 13.7. The van der Waals surface area contributed by atoms with Gasteiger partial charge in [-0.2, -0.15) is 0 Å². The van der Waals surface area contributed by atoms with E-state index >= 15 is 0 Å². The predicted molar refractivity (Wildman–Crippen MR) is 74.4 cm³/mol. The molecule has 1 aromatic heterocycles. The van der Waals surface area contributed by atoms with Crippen LogP contribution in [0.3, 0.4) is 0 Å². The molecule has 0 atom stereocenters. The number of carbonyl (C=O) groups is 1. The Kier molecular flexibility index (Phi) is 4.96. The Bertz CT molecular complexity index is 432. The van der Waals surface area contributed by atoms with E-state index in [-0.39, 0.29) is 11.7 Å². The molecule has 1 amide bonds. The van der Waals surface area contributed by atoms with Crippen LogP contribution in [0.15, 0.2) is 12.1 Å². The van der Waals surface area contributed by atoms with Gasteiger partial charge in [0.25, 0.3) is 5.91 Å². The van der Waals surface area contributed by atoms with Gasteiger partial charge in [0.05, 0.1) is 4.99 Å². The van der Waals surface area contributed by atoms with Crippen molar-refractivity contribution in [2.45, 2.75) is 26.3 Å². The maximum atomic E-state index is 10.9. The lowest BCUT2D eigenvalue weighted by atomic mass is 10.2. The summed E-state index contributed by atoms with van der Waals surface area (Å²) in [5, 5.41) is 7.77. The van der Waals surface area contributed by atoms with Crippen LogP contribution in [0, 0.1) is 0 Å². The first kappa shape index (κ1) is 14.3. The highest BCUT2D eigenvalue weighted by atomic mass is 32.1. The molecule has 1 heterocycles. The van der Waals surface area contributed by atoms with Crippen LogP contribution in [0.4, 0.5) is 5.82 Å². The van der Waals surface area contributed by atoms with Crippen molar-refractivity contribution in [3.8, 4) is 0 Å². The normalized spacial score (nSPS) is 10.4. The van der Waals surface area contributed by atoms with Gasteiger partial charge in [-0.05, 0) is 26.0 Å². The molecule has 0 spiro atoms. The molecule has 18 heavy (non-hydrogen) atoms. The first-order valence-electron chi connectivity index (χ1n) is 5.60. The van der Waals surface area contributed by atoms with Crippen LogP contribution < -0.4 is 16.4 Å². The number of anilines is 1. The summed E-state index contributed by atoms with van der Waals surface area (Å²) >= 11 is 4.86. The van der Waals surface area contributed by atoms with Crippen molar-refractivity contribution < 1.29 is 4.79 Å². The Morgan fingerprint density at radius 3 is 2.44 bits per heavy atom. The molecular weight excluding hydrogens is 250 g/mol. The molecule has 0 bridgehead atoms. The average molecular weight is 267 g/mol. The lowest BCUT2D eigenvalue weighted by Gasteiger charge is -2.27. The van der Waals surface area contributed by atoms with Crippen molar-refractivity contribution in [1.82, 2.24) is 10.2 Å². The third kappa shape index (κ3) is 3.92. The first-order valence-corrected chi connectivity index (χ1v) is 6.01. The van der Waals surface area contributed by atoms with Gasteiger partial charge in [0.2, 0.25) is 0 Å². The Morgan fingerprint density at radius 2 is 2.06 bits per heavy atom. The lowest BCUT2D eigenvalue weighted by Crippen LogP contribution is -2.34. The quantitative estimate of drug-likeness (QED) is 0.727. The van der Waals surface area contributed by atoms with Crippen LogP contribution in [-0.4, -0.2) is 33.7 Å². The monoisotopic (exact) mass is 267 g/mol. The molecule has 0 aliphatic rings. The van der Waals surface area contributed by atoms with Crippen LogP contribution in [0.1, 0.15) is 30.8 Å². The minimum atomic E-state index is -0.590. The fraction of sp³-hybridized carbons (Fsp3) is 0.455. The molecule has 0 saturated heterocycles. The number of nitrogens with zero attached hydrogens (tertiary/aromatic N) is 3. The van der Waals surface area contributed by atoms with E-state index in [1.807, 2.05) is 18.7 Å². The number of primary amides is 1. The van der Waals surface area contributed by atoms with Gasteiger partial charge in [0.1, 0.15) is 0 Å². The summed E-state index contributed by atoms with van der Waals surface area (Å²) < 4.78 is 0. The van der Waals surface area contributed by atoms with Crippen molar-refractivity contribution in [2.24, 2.45) is 11.5 Å². The van der Waals surface area contributed by atoms with Crippen LogP contribution in [0.2, 0.25) is 0 Å². The Balaban J connectivity index is 2.85. The second-order valence-corrected chi connectivity index (χ2v) is 4.67. The van der Waals surface area contributed by atoms with Gasteiger partial charge in [-0.15, -0.1) is 10.2 Å². The summed E-state index contributed by atoms with van der Waals surface area (Å²) in [4.78, 5) is 13.4. The maximum Gasteiger partial charge on any atom is 0.269 e. The van der Waals surface area contributed by atoms with Crippen LogP contribution in [-0.2, 0) is 0 Å². The van der Waals surface area contributed by atoms with Gasteiger partial charge in [-0.3, -0.25) is 4.79 Å².